The molecule has 0 aliphatic heterocycles. The molecule has 1 heterocycles. The van der Waals surface area contributed by atoms with Gasteiger partial charge in [0.1, 0.15) is 0 Å². The summed E-state index contributed by atoms with van der Waals surface area (Å²) in [5.41, 5.74) is 0. The number of thiophene rings is 1. The molecule has 0 radical (unpaired) electrons. The summed E-state index contributed by atoms with van der Waals surface area (Å²) >= 11 is 1.86. The highest BCUT2D eigenvalue weighted by Crippen LogP contribution is 2.26. The standard InChI is InChI=1S/C15H26N2S/c1-12-6-4-7-13(10-12)16-11-14(17(2)3)15-8-5-9-18-15/h5,8-9,12-14,16H,4,6-7,10-11H2,1-3H3. The van der Waals surface area contributed by atoms with Gasteiger partial charge in [0.15, 0.2) is 0 Å². The van der Waals surface area contributed by atoms with E-state index >= 15 is 0 Å². The van der Waals surface area contributed by atoms with Crippen molar-refractivity contribution in [2.75, 3.05) is 20.6 Å². The first-order chi connectivity index (χ1) is 8.66. The van der Waals surface area contributed by atoms with Gasteiger partial charge >= 0.3 is 0 Å². The SMILES string of the molecule is CC1CCCC(NCC(c2cccs2)N(C)C)C1. The second-order valence-electron chi connectivity index (χ2n) is 5.87. The molecule has 1 saturated carbocycles. The molecule has 1 aromatic rings. The summed E-state index contributed by atoms with van der Waals surface area (Å²) in [7, 11) is 4.35. The van der Waals surface area contributed by atoms with Crippen LogP contribution in [0.15, 0.2) is 17.5 Å². The van der Waals surface area contributed by atoms with E-state index in [4.69, 9.17) is 0 Å². The maximum atomic E-state index is 3.79. The molecule has 2 rings (SSSR count). The molecular formula is C15H26N2S. The van der Waals surface area contributed by atoms with E-state index in [-0.39, 0.29) is 0 Å². The number of likely N-dealkylation sites (N-methyl/N-ethyl adjacent to an activating group) is 1. The number of hydrogen-bond donors (Lipinski definition) is 1. The summed E-state index contributed by atoms with van der Waals surface area (Å²) in [5, 5.41) is 5.96. The summed E-state index contributed by atoms with van der Waals surface area (Å²) in [6.07, 6.45) is 5.52. The number of hydrogen-bond acceptors (Lipinski definition) is 3. The Morgan fingerprint density at radius 2 is 2.28 bits per heavy atom. The summed E-state index contributed by atoms with van der Waals surface area (Å²) in [6.45, 7) is 3.46. The Morgan fingerprint density at radius 1 is 1.44 bits per heavy atom. The quantitative estimate of drug-likeness (QED) is 0.877. The highest BCUT2D eigenvalue weighted by atomic mass is 32.1. The third-order valence-electron chi connectivity index (χ3n) is 4.03. The van der Waals surface area contributed by atoms with Gasteiger partial charge in [-0.3, -0.25) is 0 Å². The van der Waals surface area contributed by atoms with Crippen molar-refractivity contribution in [2.45, 2.75) is 44.7 Å². The number of nitrogens with zero attached hydrogens (tertiary/aromatic N) is 1. The first kappa shape index (κ1) is 14.0. The van der Waals surface area contributed by atoms with E-state index in [1.165, 1.54) is 30.6 Å². The second kappa shape index (κ2) is 6.69. The van der Waals surface area contributed by atoms with E-state index in [1.54, 1.807) is 0 Å². The molecular weight excluding hydrogens is 240 g/mol. The smallest absolute Gasteiger partial charge is 0.0561 e. The number of rotatable bonds is 5. The summed E-state index contributed by atoms with van der Waals surface area (Å²) < 4.78 is 0. The molecule has 0 saturated heterocycles. The van der Waals surface area contributed by atoms with E-state index in [0.717, 1.165) is 18.5 Å². The van der Waals surface area contributed by atoms with Crippen LogP contribution in [0.3, 0.4) is 0 Å². The minimum atomic E-state index is 0.516. The van der Waals surface area contributed by atoms with Gasteiger partial charge in [-0.15, -0.1) is 11.3 Å². The van der Waals surface area contributed by atoms with Crippen LogP contribution in [0.25, 0.3) is 0 Å². The zero-order valence-electron chi connectivity index (χ0n) is 11.9. The zero-order chi connectivity index (χ0) is 13.0. The molecule has 1 fully saturated rings. The van der Waals surface area contributed by atoms with Gasteiger partial charge < -0.3 is 10.2 Å². The Morgan fingerprint density at radius 3 is 2.89 bits per heavy atom. The third kappa shape index (κ3) is 3.81. The fourth-order valence-electron chi connectivity index (χ4n) is 2.92. The van der Waals surface area contributed by atoms with Gasteiger partial charge in [-0.1, -0.05) is 25.8 Å². The van der Waals surface area contributed by atoms with Crippen LogP contribution in [0.2, 0.25) is 0 Å². The van der Waals surface area contributed by atoms with Crippen molar-refractivity contribution in [3.8, 4) is 0 Å². The van der Waals surface area contributed by atoms with Crippen LogP contribution in [0.1, 0.15) is 43.5 Å². The van der Waals surface area contributed by atoms with E-state index in [9.17, 15) is 0 Å². The fourth-order valence-corrected chi connectivity index (χ4v) is 3.84. The molecule has 0 spiro atoms. The first-order valence-corrected chi connectivity index (χ1v) is 7.98. The first-order valence-electron chi connectivity index (χ1n) is 7.10. The Kier molecular flexibility index (Phi) is 5.22. The average Bonchev–Trinajstić information content (AvgIpc) is 2.82. The molecule has 2 nitrogen and oxygen atoms in total. The molecule has 1 N–H and O–H groups in total. The van der Waals surface area contributed by atoms with E-state index < -0.39 is 0 Å². The van der Waals surface area contributed by atoms with Gasteiger partial charge in [0.05, 0.1) is 6.04 Å². The lowest BCUT2D eigenvalue weighted by Gasteiger charge is -2.31. The third-order valence-corrected chi connectivity index (χ3v) is 5.00. The van der Waals surface area contributed by atoms with Crippen LogP contribution in [0, 0.1) is 5.92 Å². The van der Waals surface area contributed by atoms with Crippen molar-refractivity contribution < 1.29 is 0 Å². The highest BCUT2D eigenvalue weighted by Gasteiger charge is 2.21. The molecule has 0 amide bonds. The van der Waals surface area contributed by atoms with Crippen molar-refractivity contribution >= 4 is 11.3 Å². The van der Waals surface area contributed by atoms with Crippen molar-refractivity contribution in [1.82, 2.24) is 10.2 Å². The van der Waals surface area contributed by atoms with Crippen LogP contribution in [0.5, 0.6) is 0 Å². The van der Waals surface area contributed by atoms with Crippen LogP contribution in [-0.2, 0) is 0 Å². The average molecular weight is 266 g/mol. The van der Waals surface area contributed by atoms with Gasteiger partial charge in [0.2, 0.25) is 0 Å². The van der Waals surface area contributed by atoms with Crippen molar-refractivity contribution in [3.63, 3.8) is 0 Å². The molecule has 3 heteroatoms. The molecule has 102 valence electrons. The lowest BCUT2D eigenvalue weighted by Crippen LogP contribution is -2.39. The fraction of sp³-hybridized carbons (Fsp3) is 0.733. The molecule has 3 unspecified atom stereocenters. The molecule has 0 bridgehead atoms. The minimum Gasteiger partial charge on any atom is -0.312 e. The van der Waals surface area contributed by atoms with Crippen molar-refractivity contribution in [3.05, 3.63) is 22.4 Å². The van der Waals surface area contributed by atoms with Crippen LogP contribution in [-0.4, -0.2) is 31.6 Å². The minimum absolute atomic E-state index is 0.516. The van der Waals surface area contributed by atoms with Gasteiger partial charge in [0.25, 0.3) is 0 Å². The summed E-state index contributed by atoms with van der Waals surface area (Å²) in [5.74, 6) is 0.899. The largest absolute Gasteiger partial charge is 0.312 e. The zero-order valence-corrected chi connectivity index (χ0v) is 12.7. The predicted octanol–water partition coefficient (Wildman–Crippen LogP) is 3.52. The van der Waals surface area contributed by atoms with E-state index in [0.29, 0.717) is 6.04 Å². The molecule has 1 aliphatic rings. The normalized spacial score (nSPS) is 26.4. The van der Waals surface area contributed by atoms with Crippen molar-refractivity contribution in [2.24, 2.45) is 5.92 Å². The molecule has 3 atom stereocenters. The van der Waals surface area contributed by atoms with Crippen LogP contribution < -0.4 is 5.32 Å². The van der Waals surface area contributed by atoms with Gasteiger partial charge in [0, 0.05) is 17.5 Å². The highest BCUT2D eigenvalue weighted by molar-refractivity contribution is 7.10. The van der Waals surface area contributed by atoms with Gasteiger partial charge in [-0.25, -0.2) is 0 Å². The van der Waals surface area contributed by atoms with Gasteiger partial charge in [-0.2, -0.15) is 0 Å². The van der Waals surface area contributed by atoms with Crippen LogP contribution in [0.4, 0.5) is 0 Å². The second-order valence-corrected chi connectivity index (χ2v) is 6.85. The molecule has 18 heavy (non-hydrogen) atoms. The molecule has 0 aromatic carbocycles. The Hall–Kier alpha value is -0.380. The van der Waals surface area contributed by atoms with E-state index in [1.807, 2.05) is 11.3 Å². The Labute approximate surface area is 115 Å². The van der Waals surface area contributed by atoms with Crippen LogP contribution >= 0.6 is 11.3 Å². The lowest BCUT2D eigenvalue weighted by atomic mass is 9.87. The van der Waals surface area contributed by atoms with Gasteiger partial charge in [-0.05, 0) is 44.3 Å². The lowest BCUT2D eigenvalue weighted by molar-refractivity contribution is 0.250. The topological polar surface area (TPSA) is 15.3 Å². The summed E-state index contributed by atoms with van der Waals surface area (Å²) in [4.78, 5) is 3.79. The maximum Gasteiger partial charge on any atom is 0.0561 e. The Bertz CT molecular complexity index is 334. The summed E-state index contributed by atoms with van der Waals surface area (Å²) in [6, 6.07) is 5.65. The Balaban J connectivity index is 1.86. The number of nitrogens with one attached hydrogen (secondary N) is 1. The van der Waals surface area contributed by atoms with E-state index in [2.05, 4.69) is 48.7 Å². The molecule has 1 aliphatic carbocycles. The van der Waals surface area contributed by atoms with Crippen molar-refractivity contribution in [1.29, 1.82) is 0 Å². The predicted molar refractivity (Wildman–Crippen MR) is 80.2 cm³/mol. The maximum absolute atomic E-state index is 3.79. The molecule has 1 aromatic heterocycles. The monoisotopic (exact) mass is 266 g/mol.